The van der Waals surface area contributed by atoms with Gasteiger partial charge in [-0.25, -0.2) is 0 Å². The second kappa shape index (κ2) is 22.2. The Labute approximate surface area is 394 Å². The summed E-state index contributed by atoms with van der Waals surface area (Å²) in [7, 11) is 0. The van der Waals surface area contributed by atoms with E-state index in [1.807, 2.05) is 0 Å². The molecule has 0 aliphatic rings. The SMILES string of the molecule is C[S+](C)OCCCCCCCC[N+](=O)[O-].FC(F)(F)c1cc([B-](c2cc(C(F)(F)F)cc(C(F)(F)F)c2)(c2cc(C(F)(F)F)cc(C(F)(F)F)c2)c2cc(C(F)(F)F)cc(C(F)(F)F)c2)cc(C(F)(F)F)c1. The average Bonchev–Trinajstić information content (AvgIpc) is 3.20. The van der Waals surface area contributed by atoms with Gasteiger partial charge in [-0.3, -0.25) is 10.1 Å². The third kappa shape index (κ3) is 16.5. The molecule has 0 spiro atoms. The number of halogens is 24. The molecule has 0 radical (unpaired) electrons. The standard InChI is InChI=1S/C32H12BF24.C10H22NO3S/c34-25(35,36)13-1-14(26(37,38)39)6-21(5-13)33(22-7-15(27(40,41)42)2-16(8-22)28(43,44)45,23-9-17(29(46,47)48)3-18(10-23)30(49,50)51)24-11-19(31(52,53)54)4-20(12-24)32(55,56)57;1-15(2)14-10-8-6-4-3-5-7-9-11(12)13/h1-12H;3-10H2,1-2H3/q-1;+1. The van der Waals surface area contributed by atoms with Gasteiger partial charge in [0.05, 0.1) is 44.5 Å². The molecule has 0 heterocycles. The Morgan fingerprint density at radius 3 is 0.750 bits per heavy atom. The van der Waals surface area contributed by atoms with Gasteiger partial charge in [0.25, 0.3) is 0 Å². The molecule has 4 nitrogen and oxygen atoms in total. The maximum absolute atomic E-state index is 14.2. The molecule has 0 saturated heterocycles. The number of benzene rings is 4. The lowest BCUT2D eigenvalue weighted by atomic mass is 9.12. The molecule has 72 heavy (non-hydrogen) atoms. The molecule has 0 atom stereocenters. The van der Waals surface area contributed by atoms with Gasteiger partial charge >= 0.3 is 49.4 Å². The lowest BCUT2D eigenvalue weighted by molar-refractivity contribution is -0.480. The second-order valence-electron chi connectivity index (χ2n) is 16.0. The van der Waals surface area contributed by atoms with Crippen molar-refractivity contribution in [2.75, 3.05) is 25.7 Å². The highest BCUT2D eigenvalue weighted by atomic mass is 32.2. The summed E-state index contributed by atoms with van der Waals surface area (Å²) in [6.45, 7) is 0.975. The number of unbranched alkanes of at least 4 members (excludes halogenated alkanes) is 5. The summed E-state index contributed by atoms with van der Waals surface area (Å²) in [6.07, 6.45) is -44.4. The quantitative estimate of drug-likeness (QED) is 0.0316. The lowest BCUT2D eigenvalue weighted by Crippen LogP contribution is -2.75. The maximum Gasteiger partial charge on any atom is 0.416 e. The van der Waals surface area contributed by atoms with Crippen LogP contribution in [0, 0.1) is 10.1 Å². The Kier molecular flexibility index (Phi) is 18.9. The first kappa shape index (κ1) is 61.3. The number of hydrogen-bond donors (Lipinski definition) is 0. The number of alkyl halides is 24. The van der Waals surface area contributed by atoms with Crippen molar-refractivity contribution < 1.29 is 114 Å². The Hall–Kier alpha value is -5.03. The summed E-state index contributed by atoms with van der Waals surface area (Å²) in [6, 6.07) is -8.81. The summed E-state index contributed by atoms with van der Waals surface area (Å²) >= 11 is 0.0939. The number of hydrogen-bond acceptors (Lipinski definition) is 3. The zero-order chi connectivity index (χ0) is 55.4. The van der Waals surface area contributed by atoms with E-state index in [2.05, 4.69) is 12.5 Å². The van der Waals surface area contributed by atoms with E-state index in [-0.39, 0.29) is 22.6 Å². The first-order valence-corrected chi connectivity index (χ1v) is 22.0. The van der Waals surface area contributed by atoms with Gasteiger partial charge in [-0.1, -0.05) is 67.8 Å². The van der Waals surface area contributed by atoms with E-state index in [0.29, 0.717) is 0 Å². The summed E-state index contributed by atoms with van der Waals surface area (Å²) < 4.78 is 346. The van der Waals surface area contributed by atoms with Crippen molar-refractivity contribution in [2.45, 2.75) is 87.9 Å². The Bertz CT molecular complexity index is 2050. The van der Waals surface area contributed by atoms with E-state index in [1.54, 1.807) is 0 Å². The topological polar surface area (TPSA) is 52.4 Å². The number of nitrogens with zero attached hydrogens (tertiary/aromatic N) is 1. The van der Waals surface area contributed by atoms with E-state index in [0.717, 1.165) is 32.3 Å². The number of rotatable bonds is 14. The van der Waals surface area contributed by atoms with Crippen LogP contribution in [0.25, 0.3) is 0 Å². The molecule has 0 aliphatic carbocycles. The molecule has 0 saturated carbocycles. The van der Waals surface area contributed by atoms with Crippen LogP contribution in [0.4, 0.5) is 105 Å². The van der Waals surface area contributed by atoms with Crippen LogP contribution in [-0.4, -0.2) is 36.7 Å². The molecule has 4 aromatic carbocycles. The summed E-state index contributed by atoms with van der Waals surface area (Å²) in [5.41, 5.74) is -30.2. The molecule has 4 rings (SSSR count). The van der Waals surface area contributed by atoms with E-state index >= 15 is 0 Å². The summed E-state index contributed by atoms with van der Waals surface area (Å²) in [5, 5.41) is 10.0. The van der Waals surface area contributed by atoms with Crippen molar-refractivity contribution in [3.05, 3.63) is 127 Å². The monoisotopic (exact) mass is 1100 g/mol. The van der Waals surface area contributed by atoms with Crippen LogP contribution in [-0.2, 0) is 64.8 Å². The van der Waals surface area contributed by atoms with Gasteiger partial charge in [0.1, 0.15) is 36.4 Å². The molecule has 0 fully saturated rings. The fraction of sp³-hybridized carbons (Fsp3) is 0.429. The zero-order valence-electron chi connectivity index (χ0n) is 36.3. The van der Waals surface area contributed by atoms with Crippen LogP contribution in [0.15, 0.2) is 72.8 Å². The highest BCUT2D eigenvalue weighted by Crippen LogP contribution is 2.41. The molecule has 30 heteroatoms. The Morgan fingerprint density at radius 1 is 0.375 bits per heavy atom. The van der Waals surface area contributed by atoms with Gasteiger partial charge in [0, 0.05) is 11.3 Å². The van der Waals surface area contributed by atoms with Crippen molar-refractivity contribution in [1.29, 1.82) is 0 Å². The Balaban J connectivity index is 0.000000785. The van der Waals surface area contributed by atoms with Crippen molar-refractivity contribution in [3.8, 4) is 0 Å². The molecule has 0 bridgehead atoms. The van der Waals surface area contributed by atoms with Gasteiger partial charge < -0.3 is 0 Å². The third-order valence-electron chi connectivity index (χ3n) is 10.5. The maximum atomic E-state index is 14.2. The van der Waals surface area contributed by atoms with Gasteiger partial charge in [-0.05, 0) is 37.1 Å². The second-order valence-corrected chi connectivity index (χ2v) is 17.7. The smallest absolute Gasteiger partial charge is 0.265 e. The van der Waals surface area contributed by atoms with E-state index < -0.39 is 195 Å². The fourth-order valence-electron chi connectivity index (χ4n) is 7.35. The van der Waals surface area contributed by atoms with Gasteiger partial charge in [-0.2, -0.15) is 131 Å². The average molecular weight is 1100 g/mol. The van der Waals surface area contributed by atoms with E-state index in [1.165, 1.54) is 12.8 Å². The van der Waals surface area contributed by atoms with Crippen molar-refractivity contribution in [2.24, 2.45) is 0 Å². The molecular weight excluding hydrogens is 1070 g/mol. The molecule has 0 unspecified atom stereocenters. The largest absolute Gasteiger partial charge is 0.416 e. The lowest BCUT2D eigenvalue weighted by Gasteiger charge is -2.46. The summed E-state index contributed by atoms with van der Waals surface area (Å²) in [5.74, 6) is 0. The predicted molar refractivity (Wildman–Crippen MR) is 215 cm³/mol. The molecular formula is C42H34BF24NO3S. The fourth-order valence-corrected chi connectivity index (χ4v) is 7.80. The zero-order valence-corrected chi connectivity index (χ0v) is 37.1. The molecule has 0 aliphatic heterocycles. The van der Waals surface area contributed by atoms with Crippen molar-refractivity contribution in [3.63, 3.8) is 0 Å². The van der Waals surface area contributed by atoms with Crippen LogP contribution >= 0.6 is 0 Å². The van der Waals surface area contributed by atoms with Crippen LogP contribution in [0.1, 0.15) is 83.0 Å². The molecule has 0 amide bonds. The highest BCUT2D eigenvalue weighted by molar-refractivity contribution is 7.90. The van der Waals surface area contributed by atoms with Crippen molar-refractivity contribution >= 4 is 39.2 Å². The first-order chi connectivity index (χ1) is 32.4. The van der Waals surface area contributed by atoms with Crippen molar-refractivity contribution in [1.82, 2.24) is 0 Å². The molecule has 402 valence electrons. The van der Waals surface area contributed by atoms with E-state index in [9.17, 15) is 115 Å². The van der Waals surface area contributed by atoms with Crippen LogP contribution in [0.2, 0.25) is 0 Å². The minimum absolute atomic E-state index is 0.0939. The molecule has 0 N–H and O–H groups in total. The van der Waals surface area contributed by atoms with Gasteiger partial charge in [0.15, 0.2) is 0 Å². The third-order valence-corrected chi connectivity index (χ3v) is 11.1. The van der Waals surface area contributed by atoms with Gasteiger partial charge in [0.2, 0.25) is 6.54 Å². The van der Waals surface area contributed by atoms with Crippen LogP contribution in [0.5, 0.6) is 0 Å². The summed E-state index contributed by atoms with van der Waals surface area (Å²) in [4.78, 5) is 9.79. The minimum atomic E-state index is -6.13. The van der Waals surface area contributed by atoms with Crippen LogP contribution in [0.3, 0.4) is 0 Å². The highest BCUT2D eigenvalue weighted by Gasteiger charge is 2.47. The van der Waals surface area contributed by atoms with Crippen LogP contribution < -0.4 is 21.9 Å². The normalized spacial score (nSPS) is 13.6. The minimum Gasteiger partial charge on any atom is -0.265 e. The molecule has 0 aromatic heterocycles. The van der Waals surface area contributed by atoms with E-state index in [4.69, 9.17) is 4.18 Å². The molecule has 4 aromatic rings. The predicted octanol–water partition coefficient (Wildman–Crippen LogP) is 13.6. The first-order valence-electron chi connectivity index (χ1n) is 20.1. The van der Waals surface area contributed by atoms with Gasteiger partial charge in [-0.15, -0.1) is 0 Å². The Morgan fingerprint density at radius 2 is 0.569 bits per heavy atom. The number of nitro groups is 1.